The summed E-state index contributed by atoms with van der Waals surface area (Å²) in [6, 6.07) is 2.00. The molecule has 10 heteroatoms. The molecule has 0 aliphatic carbocycles. The highest BCUT2D eigenvalue weighted by Gasteiger charge is 2.27. The zero-order chi connectivity index (χ0) is 30.6. The third kappa shape index (κ3) is 4.14. The molecule has 30 heavy (non-hydrogen) atoms. The van der Waals surface area contributed by atoms with Crippen LogP contribution in [0, 0.1) is 27.6 Å². The van der Waals surface area contributed by atoms with Crippen LogP contribution < -0.4 is 10.0 Å². The van der Waals surface area contributed by atoms with Crippen molar-refractivity contribution in [3.63, 3.8) is 0 Å². The van der Waals surface area contributed by atoms with Crippen molar-refractivity contribution < 1.29 is 36.2 Å². The lowest BCUT2D eigenvalue weighted by Gasteiger charge is -2.14. The Kier molecular flexibility index (Phi) is 3.22. The highest BCUT2D eigenvalue weighted by Crippen LogP contribution is 2.29. The molecular weight excluding hydrogens is 426 g/mol. The molecule has 158 valence electrons. The summed E-state index contributed by atoms with van der Waals surface area (Å²) in [5.74, 6) is -3.46. The van der Waals surface area contributed by atoms with E-state index in [2.05, 4.69) is 10.5 Å². The van der Waals surface area contributed by atoms with Gasteiger partial charge in [-0.3, -0.25) is 9.59 Å². The molecule has 8 nitrogen and oxygen atoms in total. The van der Waals surface area contributed by atoms with Crippen LogP contribution in [-0.2, 0) is 10.0 Å². The quantitative estimate of drug-likeness (QED) is 0.535. The average molecular weight is 458 g/mol. The van der Waals surface area contributed by atoms with Gasteiger partial charge in [0.25, 0.3) is 15.9 Å². The van der Waals surface area contributed by atoms with E-state index >= 15 is 0 Å². The van der Waals surface area contributed by atoms with Gasteiger partial charge in [-0.2, -0.15) is 0 Å². The summed E-state index contributed by atoms with van der Waals surface area (Å²) in [7, 11) is -4.79. The molecule has 0 aliphatic heterocycles. The Morgan fingerprint density at radius 1 is 1.30 bits per heavy atom. The molecule has 0 atom stereocenters. The minimum Gasteiger partial charge on any atom is -0.337 e. The van der Waals surface area contributed by atoms with Crippen LogP contribution in [0.15, 0.2) is 33.0 Å². The molecule has 0 aliphatic rings. The molecule has 0 saturated carbocycles. The SMILES string of the molecule is [2H]c1c(C)cc(C)c(NC(=O)c2sccc2S(=O)(=O)Nc2onc(C([2H])([2H])[2H])c2C([2H])([2H])[2H])c1C(=O)C([2H])([2H])[2H]. The maximum absolute atomic E-state index is 13.2. The van der Waals surface area contributed by atoms with Crippen LogP contribution in [0.5, 0.6) is 0 Å². The number of carbonyl (C=O) groups excluding carboxylic acids is 2. The van der Waals surface area contributed by atoms with E-state index in [-0.39, 0.29) is 16.8 Å². The van der Waals surface area contributed by atoms with Crippen LogP contribution in [0.3, 0.4) is 0 Å². The van der Waals surface area contributed by atoms with Gasteiger partial charge in [0.05, 0.1) is 12.8 Å². The van der Waals surface area contributed by atoms with Crippen molar-refractivity contribution in [1.82, 2.24) is 5.16 Å². The zero-order valence-corrected chi connectivity index (χ0v) is 17.2. The first-order valence-electron chi connectivity index (χ1n) is 13.1. The number of aryl methyl sites for hydroxylation is 3. The summed E-state index contributed by atoms with van der Waals surface area (Å²) in [4.78, 5) is 24.7. The number of anilines is 2. The van der Waals surface area contributed by atoms with Gasteiger partial charge in [-0.1, -0.05) is 11.2 Å². The van der Waals surface area contributed by atoms with Crippen LogP contribution in [0.1, 0.15) is 63.0 Å². The Morgan fingerprint density at radius 3 is 2.80 bits per heavy atom. The Balaban J connectivity index is 2.06. The van der Waals surface area contributed by atoms with E-state index in [1.807, 2.05) is 4.72 Å². The molecule has 2 N–H and O–H groups in total. The normalized spacial score (nSPS) is 17.5. The summed E-state index contributed by atoms with van der Waals surface area (Å²) in [5.41, 5.74) is -2.33. The summed E-state index contributed by atoms with van der Waals surface area (Å²) in [6.07, 6.45) is 0. The molecule has 3 rings (SSSR count). The largest absolute Gasteiger partial charge is 0.337 e. The second-order valence-electron chi connectivity index (χ2n) is 6.12. The van der Waals surface area contributed by atoms with E-state index in [9.17, 15) is 18.0 Å². The summed E-state index contributed by atoms with van der Waals surface area (Å²) in [6.45, 7) is -6.39. The molecule has 0 spiro atoms. The number of Topliss-reactive ketones (excluding diaryl/α,β-unsaturated/α-hetero) is 1. The molecule has 0 radical (unpaired) electrons. The van der Waals surface area contributed by atoms with Crippen molar-refractivity contribution in [1.29, 1.82) is 0 Å². The molecule has 0 unspecified atom stereocenters. The van der Waals surface area contributed by atoms with Gasteiger partial charge in [-0.15, -0.1) is 11.3 Å². The second-order valence-corrected chi connectivity index (χ2v) is 8.69. The van der Waals surface area contributed by atoms with E-state index in [1.54, 1.807) is 0 Å². The molecule has 2 heterocycles. The Morgan fingerprint density at radius 2 is 2.10 bits per heavy atom. The van der Waals surface area contributed by atoms with Crippen LogP contribution in [0.25, 0.3) is 0 Å². The first-order valence-corrected chi connectivity index (χ1v) is 10.5. The van der Waals surface area contributed by atoms with E-state index in [0.717, 1.165) is 6.07 Å². The number of nitrogens with one attached hydrogen (secondary N) is 2. The number of rotatable bonds is 6. The van der Waals surface area contributed by atoms with Crippen molar-refractivity contribution in [3.8, 4) is 0 Å². The van der Waals surface area contributed by atoms with Crippen molar-refractivity contribution in [2.45, 2.75) is 39.3 Å². The predicted molar refractivity (Wildman–Crippen MR) is 115 cm³/mol. The smallest absolute Gasteiger partial charge is 0.267 e. The molecule has 3 aromatic rings. The molecule has 2 aromatic heterocycles. The standard InChI is InChI=1S/C20H21N3O5S2/c1-10-8-11(2)17(15(9-10)14(5)24)21-19(25)18-16(6-7-29-18)30(26,27)23-20-12(3)13(4)22-28-20/h6-9,23H,1-5H3,(H,21,25)/i3D3,4D3,5D3,9D. The monoisotopic (exact) mass is 457 g/mol. The number of benzene rings is 1. The Hall–Kier alpha value is -2.98. The van der Waals surface area contributed by atoms with Gasteiger partial charge in [0.2, 0.25) is 5.88 Å². The van der Waals surface area contributed by atoms with Gasteiger partial charge in [-0.05, 0) is 63.0 Å². The second kappa shape index (κ2) is 8.04. The van der Waals surface area contributed by atoms with Crippen LogP contribution in [0.2, 0.25) is 0 Å². The van der Waals surface area contributed by atoms with Gasteiger partial charge in [-0.25, -0.2) is 13.1 Å². The molecule has 1 amide bonds. The first kappa shape index (κ1) is 12.0. The number of nitrogens with zero attached hydrogens (tertiary/aromatic N) is 1. The highest BCUT2D eigenvalue weighted by molar-refractivity contribution is 7.93. The fraction of sp³-hybridized carbons (Fsp3) is 0.250. The van der Waals surface area contributed by atoms with Crippen molar-refractivity contribution in [2.24, 2.45) is 0 Å². The maximum Gasteiger partial charge on any atom is 0.267 e. The number of thiophene rings is 1. The van der Waals surface area contributed by atoms with Crippen molar-refractivity contribution in [3.05, 3.63) is 56.4 Å². The lowest BCUT2D eigenvalue weighted by molar-refractivity contribution is 0.101. The maximum atomic E-state index is 13.2. The average Bonchev–Trinajstić information content (AvgIpc) is 3.44. The number of amides is 1. The Bertz CT molecular complexity index is 1600. The number of sulfonamides is 1. The summed E-state index contributed by atoms with van der Waals surface area (Å²) >= 11 is 0.645. The van der Waals surface area contributed by atoms with E-state index in [0.29, 0.717) is 11.3 Å². The lowest BCUT2D eigenvalue weighted by atomic mass is 10.0. The van der Waals surface area contributed by atoms with Crippen molar-refractivity contribution >= 4 is 44.6 Å². The minimum absolute atomic E-state index is 0.231. The summed E-state index contributed by atoms with van der Waals surface area (Å²) in [5, 5.41) is 6.75. The number of hydrogen-bond acceptors (Lipinski definition) is 7. The van der Waals surface area contributed by atoms with E-state index in [4.69, 9.17) is 18.2 Å². The molecule has 0 fully saturated rings. The van der Waals surface area contributed by atoms with Gasteiger partial charge in [0.1, 0.15) is 9.77 Å². The van der Waals surface area contributed by atoms with Gasteiger partial charge in [0, 0.05) is 23.5 Å². The fourth-order valence-electron chi connectivity index (χ4n) is 2.60. The minimum atomic E-state index is -4.79. The number of carbonyl (C=O) groups is 2. The number of aromatic nitrogens is 1. The molecule has 0 bridgehead atoms. The van der Waals surface area contributed by atoms with Gasteiger partial charge in [0.15, 0.2) is 5.78 Å². The van der Waals surface area contributed by atoms with Crippen LogP contribution in [-0.4, -0.2) is 25.3 Å². The van der Waals surface area contributed by atoms with Gasteiger partial charge >= 0.3 is 0 Å². The third-order valence-corrected chi connectivity index (χ3v) is 6.32. The first-order chi connectivity index (χ1) is 18.1. The number of ketones is 1. The molecule has 1 aromatic carbocycles. The number of hydrogen-bond donors (Lipinski definition) is 2. The molecular formula is C20H21N3O5S2. The van der Waals surface area contributed by atoms with Crippen LogP contribution >= 0.6 is 11.3 Å². The predicted octanol–water partition coefficient (Wildman–Crippen LogP) is 4.23. The topological polar surface area (TPSA) is 118 Å². The van der Waals surface area contributed by atoms with Gasteiger partial charge < -0.3 is 9.84 Å². The zero-order valence-electron chi connectivity index (χ0n) is 25.5. The summed E-state index contributed by atoms with van der Waals surface area (Å²) < 4.78 is 109. The van der Waals surface area contributed by atoms with E-state index in [1.165, 1.54) is 25.3 Å². The highest BCUT2D eigenvalue weighted by atomic mass is 32.2. The molecule has 0 saturated heterocycles. The fourth-order valence-corrected chi connectivity index (χ4v) is 4.92. The van der Waals surface area contributed by atoms with Crippen molar-refractivity contribution in [2.75, 3.05) is 10.0 Å². The van der Waals surface area contributed by atoms with Crippen LogP contribution in [0.4, 0.5) is 11.6 Å². The Labute approximate surface area is 192 Å². The van der Waals surface area contributed by atoms with E-state index < -0.39 is 80.8 Å². The third-order valence-electron chi connectivity index (χ3n) is 3.91. The lowest BCUT2D eigenvalue weighted by Crippen LogP contribution is -2.20.